The van der Waals surface area contributed by atoms with Crippen LogP contribution in [0.15, 0.2) is 36.4 Å². The van der Waals surface area contributed by atoms with Gasteiger partial charge in [0, 0.05) is 5.88 Å². The van der Waals surface area contributed by atoms with Crippen molar-refractivity contribution in [1.82, 2.24) is 0 Å². The maximum atomic E-state index is 12.3. The fourth-order valence-corrected chi connectivity index (χ4v) is 3.05. The molecule has 0 saturated heterocycles. The summed E-state index contributed by atoms with van der Waals surface area (Å²) in [6.07, 6.45) is 0.325. The summed E-state index contributed by atoms with van der Waals surface area (Å²) in [5.41, 5.74) is 3.71. The van der Waals surface area contributed by atoms with E-state index in [0.717, 1.165) is 16.7 Å². The van der Waals surface area contributed by atoms with Crippen LogP contribution in [-0.2, 0) is 29.1 Å². The Labute approximate surface area is 159 Å². The van der Waals surface area contributed by atoms with E-state index in [4.69, 9.17) is 21.1 Å². The van der Waals surface area contributed by atoms with Crippen molar-refractivity contribution in [3.63, 3.8) is 0 Å². The van der Waals surface area contributed by atoms with E-state index in [1.165, 1.54) is 0 Å². The van der Waals surface area contributed by atoms with Gasteiger partial charge < -0.3 is 14.6 Å². The molecule has 0 fully saturated rings. The fourth-order valence-electron chi connectivity index (χ4n) is 2.86. The molecule has 0 unspecified atom stereocenters. The van der Waals surface area contributed by atoms with Crippen LogP contribution in [0.25, 0.3) is 0 Å². The summed E-state index contributed by atoms with van der Waals surface area (Å²) in [5, 5.41) is 10.4. The molecule has 2 rings (SSSR count). The van der Waals surface area contributed by atoms with Crippen molar-refractivity contribution in [3.8, 4) is 5.75 Å². The number of phenolic OH excluding ortho intramolecular Hbond substituents is 1. The third-order valence-electron chi connectivity index (χ3n) is 4.04. The highest BCUT2D eigenvalue weighted by atomic mass is 35.5. The van der Waals surface area contributed by atoms with Crippen LogP contribution in [0.5, 0.6) is 5.75 Å². The lowest BCUT2D eigenvalue weighted by Crippen LogP contribution is -2.15. The highest BCUT2D eigenvalue weighted by Gasteiger charge is 2.22. The molecule has 0 aliphatic carbocycles. The second kappa shape index (κ2) is 9.60. The molecule has 2 aromatic carbocycles. The summed E-state index contributed by atoms with van der Waals surface area (Å²) in [7, 11) is 0. The first-order valence-electron chi connectivity index (χ1n) is 8.67. The standard InChI is InChI=1S/C21H25ClO4/c1-14(2)26-21(24)20-15(3)18(9-10-22)17(11-19(20)23)13-25-12-16-7-5-4-6-8-16/h4-8,11,14,23H,9-10,12-13H2,1-3H3. The van der Waals surface area contributed by atoms with E-state index in [9.17, 15) is 9.90 Å². The highest BCUT2D eigenvalue weighted by Crippen LogP contribution is 2.30. The van der Waals surface area contributed by atoms with Crippen LogP contribution in [0.3, 0.4) is 0 Å². The number of esters is 1. The molecule has 5 heteroatoms. The molecular formula is C21H25ClO4. The number of hydrogen-bond donors (Lipinski definition) is 1. The maximum Gasteiger partial charge on any atom is 0.342 e. The topological polar surface area (TPSA) is 55.8 Å². The molecule has 0 spiro atoms. The predicted octanol–water partition coefficient (Wildman–Crippen LogP) is 4.76. The molecule has 0 aliphatic rings. The largest absolute Gasteiger partial charge is 0.507 e. The van der Waals surface area contributed by atoms with Gasteiger partial charge in [-0.2, -0.15) is 0 Å². The Bertz CT molecular complexity index is 741. The normalized spacial score (nSPS) is 11.0. The summed E-state index contributed by atoms with van der Waals surface area (Å²) in [5.74, 6) is -0.206. The molecule has 0 bridgehead atoms. The number of halogens is 1. The van der Waals surface area contributed by atoms with Crippen LogP contribution in [0.4, 0.5) is 0 Å². The molecule has 0 aromatic heterocycles. The SMILES string of the molecule is Cc1c(CCCl)c(COCc2ccccc2)cc(O)c1C(=O)OC(C)C. The van der Waals surface area contributed by atoms with Gasteiger partial charge in [0.25, 0.3) is 0 Å². The van der Waals surface area contributed by atoms with Gasteiger partial charge in [0.1, 0.15) is 11.3 Å². The van der Waals surface area contributed by atoms with Gasteiger partial charge in [0.15, 0.2) is 0 Å². The molecule has 0 heterocycles. The van der Waals surface area contributed by atoms with Crippen molar-refractivity contribution >= 4 is 17.6 Å². The van der Waals surface area contributed by atoms with Gasteiger partial charge in [-0.05, 0) is 55.5 Å². The lowest BCUT2D eigenvalue weighted by Gasteiger charge is -2.18. The van der Waals surface area contributed by atoms with E-state index < -0.39 is 5.97 Å². The molecular weight excluding hydrogens is 352 g/mol. The van der Waals surface area contributed by atoms with Crippen LogP contribution in [0.2, 0.25) is 0 Å². The number of alkyl halides is 1. The smallest absolute Gasteiger partial charge is 0.342 e. The van der Waals surface area contributed by atoms with Crippen molar-refractivity contribution in [1.29, 1.82) is 0 Å². The van der Waals surface area contributed by atoms with E-state index in [0.29, 0.717) is 31.1 Å². The number of benzene rings is 2. The lowest BCUT2D eigenvalue weighted by molar-refractivity contribution is 0.0373. The average Bonchev–Trinajstić information content (AvgIpc) is 2.58. The van der Waals surface area contributed by atoms with Crippen molar-refractivity contribution in [3.05, 3.63) is 64.2 Å². The van der Waals surface area contributed by atoms with Gasteiger partial charge in [-0.25, -0.2) is 4.79 Å². The quantitative estimate of drug-likeness (QED) is 0.533. The van der Waals surface area contributed by atoms with Gasteiger partial charge in [0.05, 0.1) is 19.3 Å². The van der Waals surface area contributed by atoms with Crippen LogP contribution < -0.4 is 0 Å². The minimum Gasteiger partial charge on any atom is -0.507 e. The van der Waals surface area contributed by atoms with Crippen LogP contribution in [-0.4, -0.2) is 23.1 Å². The van der Waals surface area contributed by atoms with Crippen molar-refractivity contribution in [2.24, 2.45) is 0 Å². The monoisotopic (exact) mass is 376 g/mol. The Morgan fingerprint density at radius 1 is 1.19 bits per heavy atom. The molecule has 0 saturated carbocycles. The third kappa shape index (κ3) is 5.23. The number of hydrogen-bond acceptors (Lipinski definition) is 4. The molecule has 0 radical (unpaired) electrons. The Hall–Kier alpha value is -2.04. The molecule has 0 atom stereocenters. The summed E-state index contributed by atoms with van der Waals surface area (Å²) in [6, 6.07) is 11.4. The molecule has 26 heavy (non-hydrogen) atoms. The summed E-state index contributed by atoms with van der Waals surface area (Å²) in [4.78, 5) is 12.3. The second-order valence-corrected chi connectivity index (χ2v) is 6.78. The summed E-state index contributed by atoms with van der Waals surface area (Å²) >= 11 is 5.95. The van der Waals surface area contributed by atoms with E-state index in [1.54, 1.807) is 26.8 Å². The van der Waals surface area contributed by atoms with Crippen LogP contribution in [0.1, 0.15) is 46.5 Å². The molecule has 1 N–H and O–H groups in total. The van der Waals surface area contributed by atoms with Crippen molar-refractivity contribution in [2.75, 3.05) is 5.88 Å². The van der Waals surface area contributed by atoms with Crippen LogP contribution >= 0.6 is 11.6 Å². The minimum atomic E-state index is -0.525. The van der Waals surface area contributed by atoms with Gasteiger partial charge >= 0.3 is 5.97 Å². The van der Waals surface area contributed by atoms with Crippen LogP contribution in [0, 0.1) is 6.92 Å². The maximum absolute atomic E-state index is 12.3. The van der Waals surface area contributed by atoms with Crippen molar-refractivity contribution in [2.45, 2.75) is 46.5 Å². The molecule has 4 nitrogen and oxygen atoms in total. The number of carbonyl (C=O) groups excluding carboxylic acids is 1. The van der Waals surface area contributed by atoms with Crippen molar-refractivity contribution < 1.29 is 19.4 Å². The van der Waals surface area contributed by atoms with E-state index in [2.05, 4.69) is 0 Å². The van der Waals surface area contributed by atoms with Gasteiger partial charge in [-0.15, -0.1) is 11.6 Å². The zero-order chi connectivity index (χ0) is 19.1. The second-order valence-electron chi connectivity index (χ2n) is 6.40. The Morgan fingerprint density at radius 2 is 1.88 bits per heavy atom. The predicted molar refractivity (Wildman–Crippen MR) is 103 cm³/mol. The van der Waals surface area contributed by atoms with Gasteiger partial charge in [-0.1, -0.05) is 30.3 Å². The molecule has 2 aromatic rings. The highest BCUT2D eigenvalue weighted by molar-refractivity contribution is 6.18. The van der Waals surface area contributed by atoms with Gasteiger partial charge in [0.2, 0.25) is 0 Å². The first kappa shape index (κ1) is 20.3. The number of phenols is 1. The lowest BCUT2D eigenvalue weighted by atomic mass is 9.94. The number of aromatic hydroxyl groups is 1. The number of ether oxygens (including phenoxy) is 2. The van der Waals surface area contributed by atoms with E-state index in [-0.39, 0.29) is 17.4 Å². The Balaban J connectivity index is 2.24. The minimum absolute atomic E-state index is 0.0928. The molecule has 0 amide bonds. The number of carbonyl (C=O) groups is 1. The van der Waals surface area contributed by atoms with Gasteiger partial charge in [-0.3, -0.25) is 0 Å². The zero-order valence-corrected chi connectivity index (χ0v) is 16.2. The summed E-state index contributed by atoms with van der Waals surface area (Å²) in [6.45, 7) is 6.15. The Morgan fingerprint density at radius 3 is 2.50 bits per heavy atom. The first-order valence-corrected chi connectivity index (χ1v) is 9.20. The van der Waals surface area contributed by atoms with E-state index in [1.807, 2.05) is 30.3 Å². The average molecular weight is 377 g/mol. The first-order chi connectivity index (χ1) is 12.4. The molecule has 140 valence electrons. The summed E-state index contributed by atoms with van der Waals surface area (Å²) < 4.78 is 11.0. The van der Waals surface area contributed by atoms with E-state index >= 15 is 0 Å². The zero-order valence-electron chi connectivity index (χ0n) is 15.4. The Kier molecular flexibility index (Phi) is 7.49. The number of rotatable bonds is 8. The fraction of sp³-hybridized carbons (Fsp3) is 0.381. The molecule has 0 aliphatic heterocycles. The third-order valence-corrected chi connectivity index (χ3v) is 4.23.